The van der Waals surface area contributed by atoms with Crippen LogP contribution in [0.5, 0.6) is 0 Å². The van der Waals surface area contributed by atoms with Gasteiger partial charge in [-0.05, 0) is 25.5 Å². The van der Waals surface area contributed by atoms with Crippen LogP contribution < -0.4 is 11.5 Å². The van der Waals surface area contributed by atoms with Crippen LogP contribution in [0.15, 0.2) is 23.7 Å². The summed E-state index contributed by atoms with van der Waals surface area (Å²) in [5.41, 5.74) is 12.3. The highest BCUT2D eigenvalue weighted by Gasteiger charge is 2.30. The minimum Gasteiger partial charge on any atom is -0.402 e. The van der Waals surface area contributed by atoms with Gasteiger partial charge in [0.05, 0.1) is 18.3 Å². The Kier molecular flexibility index (Phi) is 4.89. The molecule has 0 aliphatic carbocycles. The van der Waals surface area contributed by atoms with Crippen LogP contribution in [0, 0.1) is 5.92 Å². The molecule has 0 saturated carbocycles. The molecule has 0 radical (unpaired) electrons. The molecule has 0 bridgehead atoms. The number of rotatable bonds is 3. The van der Waals surface area contributed by atoms with E-state index in [4.69, 9.17) is 16.2 Å². The molecule has 2 heterocycles. The van der Waals surface area contributed by atoms with Crippen LogP contribution in [0.4, 0.5) is 0 Å². The minimum atomic E-state index is 0.0530. The number of allylic oxidation sites excluding steroid dienone is 3. The van der Waals surface area contributed by atoms with Crippen molar-refractivity contribution in [2.24, 2.45) is 17.4 Å². The van der Waals surface area contributed by atoms with E-state index in [1.54, 1.807) is 6.08 Å². The monoisotopic (exact) mass is 280 g/mol. The number of hydrogen-bond acceptors (Lipinski definition) is 5. The van der Waals surface area contributed by atoms with Gasteiger partial charge in [-0.25, -0.2) is 0 Å². The second-order valence-corrected chi connectivity index (χ2v) is 5.38. The van der Waals surface area contributed by atoms with Crippen molar-refractivity contribution in [2.45, 2.75) is 13.3 Å². The lowest BCUT2D eigenvalue weighted by Gasteiger charge is -2.37. The Balaban J connectivity index is 1.84. The van der Waals surface area contributed by atoms with Crippen molar-refractivity contribution in [3.05, 3.63) is 23.7 Å². The molecule has 1 atom stereocenters. The van der Waals surface area contributed by atoms with Crippen molar-refractivity contribution < 1.29 is 9.53 Å². The summed E-state index contributed by atoms with van der Waals surface area (Å²) in [6.45, 7) is 6.06. The van der Waals surface area contributed by atoms with E-state index in [0.29, 0.717) is 19.0 Å². The lowest BCUT2D eigenvalue weighted by molar-refractivity contribution is -0.137. The Morgan fingerprint density at radius 3 is 2.35 bits per heavy atom. The maximum Gasteiger partial charge on any atom is 0.228 e. The van der Waals surface area contributed by atoms with Crippen molar-refractivity contribution in [3.63, 3.8) is 0 Å². The second-order valence-electron chi connectivity index (χ2n) is 5.38. The topological polar surface area (TPSA) is 84.8 Å². The zero-order valence-electron chi connectivity index (χ0n) is 12.0. The second kappa shape index (κ2) is 6.65. The quantitative estimate of drug-likeness (QED) is 0.701. The maximum atomic E-state index is 12.2. The number of nitrogens with two attached hydrogens (primary N) is 2. The molecule has 20 heavy (non-hydrogen) atoms. The van der Waals surface area contributed by atoms with Gasteiger partial charge in [-0.3, -0.25) is 4.79 Å². The first-order valence-corrected chi connectivity index (χ1v) is 7.09. The predicted molar refractivity (Wildman–Crippen MR) is 77.3 cm³/mol. The molecule has 0 aromatic heterocycles. The van der Waals surface area contributed by atoms with E-state index in [2.05, 4.69) is 4.90 Å². The van der Waals surface area contributed by atoms with E-state index >= 15 is 0 Å². The van der Waals surface area contributed by atoms with E-state index in [-0.39, 0.29) is 11.8 Å². The highest BCUT2D eigenvalue weighted by Crippen LogP contribution is 2.17. The molecule has 6 nitrogen and oxygen atoms in total. The number of piperazine rings is 1. The van der Waals surface area contributed by atoms with Crippen molar-refractivity contribution in [3.8, 4) is 0 Å². The number of carbonyl (C=O) groups is 1. The van der Waals surface area contributed by atoms with Crippen LogP contribution in [0.1, 0.15) is 13.3 Å². The average Bonchev–Trinajstić information content (AvgIpc) is 2.98. The third-order valence-electron chi connectivity index (χ3n) is 3.75. The first kappa shape index (κ1) is 14.7. The largest absolute Gasteiger partial charge is 0.402 e. The Morgan fingerprint density at radius 2 is 1.80 bits per heavy atom. The summed E-state index contributed by atoms with van der Waals surface area (Å²) in [4.78, 5) is 16.2. The third kappa shape index (κ3) is 3.66. The summed E-state index contributed by atoms with van der Waals surface area (Å²) in [6, 6.07) is 0. The number of amides is 1. The van der Waals surface area contributed by atoms with Crippen LogP contribution in [0.3, 0.4) is 0 Å². The van der Waals surface area contributed by atoms with Gasteiger partial charge in [0.1, 0.15) is 0 Å². The van der Waals surface area contributed by atoms with Crippen LogP contribution in [-0.4, -0.2) is 55.1 Å². The molecular weight excluding hydrogens is 256 g/mol. The maximum absolute atomic E-state index is 12.2. The van der Waals surface area contributed by atoms with E-state index in [1.807, 2.05) is 17.9 Å². The van der Waals surface area contributed by atoms with Crippen LogP contribution in [0.2, 0.25) is 0 Å². The first-order chi connectivity index (χ1) is 9.58. The molecular formula is C14H24N4O2. The summed E-state index contributed by atoms with van der Waals surface area (Å²) in [5.74, 6) is 0.978. The molecule has 2 aliphatic rings. The lowest BCUT2D eigenvalue weighted by atomic mass is 10.1. The van der Waals surface area contributed by atoms with Gasteiger partial charge in [0, 0.05) is 38.5 Å². The van der Waals surface area contributed by atoms with Gasteiger partial charge < -0.3 is 26.0 Å². The fourth-order valence-corrected chi connectivity index (χ4v) is 2.49. The van der Waals surface area contributed by atoms with E-state index < -0.39 is 0 Å². The van der Waals surface area contributed by atoms with Gasteiger partial charge in [-0.1, -0.05) is 0 Å². The standard InChI is InChI=1S/C14H24N4O2/c1-11(15)2-3-13(16)17-5-7-18(8-6-17)14(19)12-4-9-20-10-12/h2-3,12H,4-10,15-16H2,1H3/b11-2-,13-3+. The fraction of sp³-hybridized carbons (Fsp3) is 0.643. The Labute approximate surface area is 120 Å². The number of ether oxygens (including phenoxy) is 1. The van der Waals surface area contributed by atoms with Crippen molar-refractivity contribution in [2.75, 3.05) is 39.4 Å². The average molecular weight is 280 g/mol. The molecule has 2 aliphatic heterocycles. The Bertz CT molecular complexity index is 401. The SMILES string of the molecule is C/C(N)=C/C=C(\N)N1CCN(C(=O)C2CCOC2)CC1. The molecule has 0 spiro atoms. The summed E-state index contributed by atoms with van der Waals surface area (Å²) in [6.07, 6.45) is 4.46. The first-order valence-electron chi connectivity index (χ1n) is 7.09. The van der Waals surface area contributed by atoms with Gasteiger partial charge in [0.2, 0.25) is 5.91 Å². The normalized spacial score (nSPS) is 25.1. The Hall–Kier alpha value is -1.69. The summed E-state index contributed by atoms with van der Waals surface area (Å²) >= 11 is 0. The predicted octanol–water partition coefficient (Wildman–Crippen LogP) is -0.170. The molecule has 2 saturated heterocycles. The van der Waals surface area contributed by atoms with Gasteiger partial charge >= 0.3 is 0 Å². The van der Waals surface area contributed by atoms with E-state index in [1.165, 1.54) is 0 Å². The minimum absolute atomic E-state index is 0.0530. The zero-order chi connectivity index (χ0) is 14.5. The van der Waals surface area contributed by atoms with Gasteiger partial charge in [-0.15, -0.1) is 0 Å². The smallest absolute Gasteiger partial charge is 0.228 e. The van der Waals surface area contributed by atoms with Gasteiger partial charge in [0.25, 0.3) is 0 Å². The number of nitrogens with zero attached hydrogens (tertiary/aromatic N) is 2. The molecule has 4 N–H and O–H groups in total. The summed E-state index contributed by atoms with van der Waals surface area (Å²) in [7, 11) is 0. The summed E-state index contributed by atoms with van der Waals surface area (Å²) < 4.78 is 5.28. The molecule has 112 valence electrons. The van der Waals surface area contributed by atoms with Crippen LogP contribution in [-0.2, 0) is 9.53 Å². The highest BCUT2D eigenvalue weighted by molar-refractivity contribution is 5.79. The zero-order valence-corrected chi connectivity index (χ0v) is 12.0. The highest BCUT2D eigenvalue weighted by atomic mass is 16.5. The molecule has 0 aromatic carbocycles. The number of carbonyl (C=O) groups excluding carboxylic acids is 1. The lowest BCUT2D eigenvalue weighted by Crippen LogP contribution is -2.50. The summed E-state index contributed by atoms with van der Waals surface area (Å²) in [5, 5.41) is 0. The number of hydrogen-bond donors (Lipinski definition) is 2. The molecule has 1 amide bonds. The van der Waals surface area contributed by atoms with E-state index in [9.17, 15) is 4.79 Å². The van der Waals surface area contributed by atoms with Gasteiger partial charge in [0.15, 0.2) is 0 Å². The third-order valence-corrected chi connectivity index (χ3v) is 3.75. The van der Waals surface area contributed by atoms with Crippen molar-refractivity contribution in [1.29, 1.82) is 0 Å². The van der Waals surface area contributed by atoms with Crippen LogP contribution in [0.25, 0.3) is 0 Å². The molecule has 2 rings (SSSR count). The Morgan fingerprint density at radius 1 is 1.15 bits per heavy atom. The van der Waals surface area contributed by atoms with Crippen molar-refractivity contribution >= 4 is 5.91 Å². The van der Waals surface area contributed by atoms with E-state index in [0.717, 1.165) is 38.3 Å². The van der Waals surface area contributed by atoms with Crippen molar-refractivity contribution in [1.82, 2.24) is 9.80 Å². The molecule has 6 heteroatoms. The molecule has 0 aromatic rings. The molecule has 1 unspecified atom stereocenters. The van der Waals surface area contributed by atoms with Crippen LogP contribution >= 0.6 is 0 Å². The fourth-order valence-electron chi connectivity index (χ4n) is 2.49. The molecule has 2 fully saturated rings. The van der Waals surface area contributed by atoms with Gasteiger partial charge in [-0.2, -0.15) is 0 Å².